The van der Waals surface area contributed by atoms with Crippen molar-refractivity contribution in [1.29, 1.82) is 0 Å². The van der Waals surface area contributed by atoms with E-state index in [2.05, 4.69) is 52.8 Å². The Kier molecular flexibility index (Phi) is 6.34. The summed E-state index contributed by atoms with van der Waals surface area (Å²) in [4.78, 5) is 0. The standard InChI is InChI=1S/C23H22N4OS/c1-18-10-8-9-15-21(18)27-23(24-25-26-27)29-17-16-28-22(19-11-4-2-5-12-19)20-13-6-3-7-14-20/h2-15,22H,16-17H2,1H3. The molecule has 3 aromatic carbocycles. The highest BCUT2D eigenvalue weighted by molar-refractivity contribution is 7.99. The van der Waals surface area contributed by atoms with Crippen LogP contribution in [0.3, 0.4) is 0 Å². The van der Waals surface area contributed by atoms with Crippen molar-refractivity contribution in [1.82, 2.24) is 20.2 Å². The third-order valence-electron chi connectivity index (χ3n) is 4.59. The second kappa shape index (κ2) is 9.49. The van der Waals surface area contributed by atoms with E-state index in [-0.39, 0.29) is 6.10 Å². The van der Waals surface area contributed by atoms with Gasteiger partial charge < -0.3 is 4.74 Å². The van der Waals surface area contributed by atoms with Crippen molar-refractivity contribution in [3.05, 3.63) is 102 Å². The second-order valence-corrected chi connectivity index (χ2v) is 7.64. The molecule has 0 amide bonds. The molecule has 1 aromatic heterocycles. The Morgan fingerprint density at radius 3 is 2.14 bits per heavy atom. The second-order valence-electron chi connectivity index (χ2n) is 6.58. The number of para-hydroxylation sites is 1. The molecule has 0 unspecified atom stereocenters. The van der Waals surface area contributed by atoms with Gasteiger partial charge in [0.25, 0.3) is 0 Å². The van der Waals surface area contributed by atoms with Gasteiger partial charge in [-0.3, -0.25) is 0 Å². The number of ether oxygens (including phenoxy) is 1. The van der Waals surface area contributed by atoms with Gasteiger partial charge in [0.2, 0.25) is 5.16 Å². The van der Waals surface area contributed by atoms with Crippen molar-refractivity contribution in [3.63, 3.8) is 0 Å². The number of hydrogen-bond donors (Lipinski definition) is 0. The van der Waals surface area contributed by atoms with E-state index >= 15 is 0 Å². The van der Waals surface area contributed by atoms with E-state index in [9.17, 15) is 0 Å². The first-order chi connectivity index (χ1) is 14.3. The van der Waals surface area contributed by atoms with Crippen molar-refractivity contribution in [2.75, 3.05) is 12.4 Å². The Balaban J connectivity index is 1.42. The fourth-order valence-corrected chi connectivity index (χ4v) is 3.87. The zero-order valence-electron chi connectivity index (χ0n) is 16.2. The van der Waals surface area contributed by atoms with Crippen molar-refractivity contribution >= 4 is 11.8 Å². The Morgan fingerprint density at radius 2 is 1.48 bits per heavy atom. The summed E-state index contributed by atoms with van der Waals surface area (Å²) in [6.07, 6.45) is -0.0923. The SMILES string of the molecule is Cc1ccccc1-n1nnnc1SCCOC(c1ccccc1)c1ccccc1. The number of thioether (sulfide) groups is 1. The van der Waals surface area contributed by atoms with Crippen LogP contribution in [0.5, 0.6) is 0 Å². The minimum atomic E-state index is -0.0923. The molecule has 4 rings (SSSR count). The Morgan fingerprint density at radius 1 is 0.862 bits per heavy atom. The molecule has 4 aromatic rings. The summed E-state index contributed by atoms with van der Waals surface area (Å²) in [7, 11) is 0. The van der Waals surface area contributed by atoms with E-state index in [0.717, 1.165) is 33.3 Å². The zero-order chi connectivity index (χ0) is 19.9. The van der Waals surface area contributed by atoms with E-state index in [1.807, 2.05) is 54.6 Å². The molecule has 0 N–H and O–H groups in total. The van der Waals surface area contributed by atoms with E-state index in [0.29, 0.717) is 6.61 Å². The highest BCUT2D eigenvalue weighted by atomic mass is 32.2. The predicted octanol–water partition coefficient (Wildman–Crippen LogP) is 4.87. The molecule has 146 valence electrons. The van der Waals surface area contributed by atoms with Crippen molar-refractivity contribution in [2.24, 2.45) is 0 Å². The van der Waals surface area contributed by atoms with E-state index in [4.69, 9.17) is 4.74 Å². The molecule has 0 bridgehead atoms. The maximum Gasteiger partial charge on any atom is 0.214 e. The number of benzene rings is 3. The van der Waals surface area contributed by atoms with Crippen LogP contribution in [0.4, 0.5) is 0 Å². The Labute approximate surface area is 174 Å². The van der Waals surface area contributed by atoms with E-state index < -0.39 is 0 Å². The van der Waals surface area contributed by atoms with Gasteiger partial charge in [-0.25, -0.2) is 0 Å². The van der Waals surface area contributed by atoms with Crippen LogP contribution in [0.25, 0.3) is 5.69 Å². The topological polar surface area (TPSA) is 52.8 Å². The van der Waals surface area contributed by atoms with Crippen LogP contribution in [-0.4, -0.2) is 32.6 Å². The average Bonchev–Trinajstić information content (AvgIpc) is 3.23. The van der Waals surface area contributed by atoms with Crippen LogP contribution >= 0.6 is 11.8 Å². The third-order valence-corrected chi connectivity index (χ3v) is 5.47. The number of nitrogens with zero attached hydrogens (tertiary/aromatic N) is 4. The third kappa shape index (κ3) is 4.72. The first kappa shape index (κ1) is 19.4. The molecule has 0 radical (unpaired) electrons. The molecule has 0 aliphatic heterocycles. The smallest absolute Gasteiger partial charge is 0.214 e. The summed E-state index contributed by atoms with van der Waals surface area (Å²) in [5, 5.41) is 12.9. The van der Waals surface area contributed by atoms with Crippen LogP contribution in [0.2, 0.25) is 0 Å². The summed E-state index contributed by atoms with van der Waals surface area (Å²) < 4.78 is 8.07. The first-order valence-electron chi connectivity index (χ1n) is 9.51. The number of rotatable bonds is 8. The van der Waals surface area contributed by atoms with Gasteiger partial charge in [-0.05, 0) is 40.1 Å². The first-order valence-corrected chi connectivity index (χ1v) is 10.5. The molecule has 0 saturated heterocycles. The van der Waals surface area contributed by atoms with Crippen LogP contribution < -0.4 is 0 Å². The van der Waals surface area contributed by atoms with Crippen LogP contribution in [0, 0.1) is 6.92 Å². The van der Waals surface area contributed by atoms with Crippen molar-refractivity contribution in [2.45, 2.75) is 18.2 Å². The average molecular weight is 403 g/mol. The molecule has 0 saturated carbocycles. The molecule has 0 aliphatic carbocycles. The van der Waals surface area contributed by atoms with Gasteiger partial charge in [0.05, 0.1) is 12.3 Å². The fourth-order valence-electron chi connectivity index (χ4n) is 3.16. The maximum atomic E-state index is 6.28. The van der Waals surface area contributed by atoms with E-state index in [1.165, 1.54) is 0 Å². The number of hydrogen-bond acceptors (Lipinski definition) is 5. The molecule has 5 nitrogen and oxygen atoms in total. The van der Waals surface area contributed by atoms with Crippen molar-refractivity contribution in [3.8, 4) is 5.69 Å². The fraction of sp³-hybridized carbons (Fsp3) is 0.174. The summed E-state index contributed by atoms with van der Waals surface area (Å²) in [5.74, 6) is 0.752. The lowest BCUT2D eigenvalue weighted by Crippen LogP contribution is -2.09. The Bertz CT molecular complexity index is 997. The van der Waals surface area contributed by atoms with Crippen molar-refractivity contribution < 1.29 is 4.74 Å². The van der Waals surface area contributed by atoms with Crippen LogP contribution in [0.15, 0.2) is 90.1 Å². The molecule has 0 atom stereocenters. The number of aryl methyl sites for hydroxylation is 1. The maximum absolute atomic E-state index is 6.28. The largest absolute Gasteiger partial charge is 0.368 e. The minimum absolute atomic E-state index is 0.0923. The molecule has 0 aliphatic rings. The Hall–Kier alpha value is -2.96. The van der Waals surface area contributed by atoms with Gasteiger partial charge in [-0.2, -0.15) is 4.68 Å². The quantitative estimate of drug-likeness (QED) is 0.311. The lowest BCUT2D eigenvalue weighted by molar-refractivity contribution is 0.0935. The molecule has 1 heterocycles. The molecule has 29 heavy (non-hydrogen) atoms. The number of aromatic nitrogens is 4. The van der Waals surface area contributed by atoms with Gasteiger partial charge in [-0.15, -0.1) is 5.10 Å². The highest BCUT2D eigenvalue weighted by Crippen LogP contribution is 2.27. The molecular formula is C23H22N4OS. The van der Waals surface area contributed by atoms with E-state index in [1.54, 1.807) is 16.4 Å². The lowest BCUT2D eigenvalue weighted by atomic mass is 10.0. The molecule has 0 fully saturated rings. The van der Waals surface area contributed by atoms with Gasteiger partial charge in [0, 0.05) is 5.75 Å². The zero-order valence-corrected chi connectivity index (χ0v) is 17.0. The van der Waals surface area contributed by atoms with Gasteiger partial charge in [0.15, 0.2) is 0 Å². The summed E-state index contributed by atoms with van der Waals surface area (Å²) in [5.41, 5.74) is 4.42. The van der Waals surface area contributed by atoms with Crippen LogP contribution in [0.1, 0.15) is 22.8 Å². The molecule has 0 spiro atoms. The minimum Gasteiger partial charge on any atom is -0.368 e. The van der Waals surface area contributed by atoms with Gasteiger partial charge in [0.1, 0.15) is 6.10 Å². The van der Waals surface area contributed by atoms with Gasteiger partial charge >= 0.3 is 0 Å². The monoisotopic (exact) mass is 402 g/mol. The molecular weight excluding hydrogens is 380 g/mol. The molecule has 6 heteroatoms. The predicted molar refractivity (Wildman–Crippen MR) is 115 cm³/mol. The van der Waals surface area contributed by atoms with Crippen LogP contribution in [-0.2, 0) is 4.74 Å². The summed E-state index contributed by atoms with van der Waals surface area (Å²) in [6, 6.07) is 28.7. The number of tetrazole rings is 1. The summed E-state index contributed by atoms with van der Waals surface area (Å²) in [6.45, 7) is 2.64. The highest BCUT2D eigenvalue weighted by Gasteiger charge is 2.15. The van der Waals surface area contributed by atoms with Gasteiger partial charge in [-0.1, -0.05) is 90.6 Å². The summed E-state index contributed by atoms with van der Waals surface area (Å²) >= 11 is 1.59. The lowest BCUT2D eigenvalue weighted by Gasteiger charge is -2.19. The normalized spacial score (nSPS) is 11.1.